The standard InChI is InChI=1S/C9H15N3O/c1-8(2,3)6-10-7(12-11-6)9(13)4-5-9/h13H,4-5H2,1-3H3,(H,10,11,12). The summed E-state index contributed by atoms with van der Waals surface area (Å²) in [6.07, 6.45) is 1.59. The molecule has 1 aliphatic rings. The van der Waals surface area contributed by atoms with E-state index >= 15 is 0 Å². The van der Waals surface area contributed by atoms with Gasteiger partial charge in [0.25, 0.3) is 0 Å². The van der Waals surface area contributed by atoms with Gasteiger partial charge in [-0.1, -0.05) is 20.8 Å². The van der Waals surface area contributed by atoms with Crippen molar-refractivity contribution >= 4 is 0 Å². The number of aliphatic hydroxyl groups is 1. The molecule has 72 valence electrons. The highest BCUT2D eigenvalue weighted by molar-refractivity contribution is 5.13. The number of nitrogens with zero attached hydrogens (tertiary/aromatic N) is 2. The van der Waals surface area contributed by atoms with E-state index in [-0.39, 0.29) is 5.41 Å². The fraction of sp³-hybridized carbons (Fsp3) is 0.778. The largest absolute Gasteiger partial charge is 0.382 e. The third kappa shape index (κ3) is 1.46. The lowest BCUT2D eigenvalue weighted by Crippen LogP contribution is -2.14. The maximum Gasteiger partial charge on any atom is 0.156 e. The van der Waals surface area contributed by atoms with Crippen molar-refractivity contribution in [1.82, 2.24) is 15.2 Å². The van der Waals surface area contributed by atoms with Gasteiger partial charge in [-0.15, -0.1) is 0 Å². The average molecular weight is 181 g/mol. The molecule has 4 nitrogen and oxygen atoms in total. The van der Waals surface area contributed by atoms with E-state index in [1.54, 1.807) is 0 Å². The second-order valence-electron chi connectivity index (χ2n) is 4.79. The Hall–Kier alpha value is -0.900. The quantitative estimate of drug-likeness (QED) is 0.681. The van der Waals surface area contributed by atoms with Crippen molar-refractivity contribution in [2.24, 2.45) is 0 Å². The molecule has 1 saturated carbocycles. The fourth-order valence-corrected chi connectivity index (χ4v) is 1.16. The van der Waals surface area contributed by atoms with Gasteiger partial charge in [-0.25, -0.2) is 4.98 Å². The van der Waals surface area contributed by atoms with E-state index in [4.69, 9.17) is 0 Å². The van der Waals surface area contributed by atoms with E-state index in [2.05, 4.69) is 36.0 Å². The molecule has 1 aliphatic carbocycles. The predicted octanol–water partition coefficient (Wildman–Crippen LogP) is 1.08. The van der Waals surface area contributed by atoms with Crippen LogP contribution in [-0.4, -0.2) is 20.3 Å². The monoisotopic (exact) mass is 181 g/mol. The Morgan fingerprint density at radius 3 is 2.38 bits per heavy atom. The molecule has 0 atom stereocenters. The summed E-state index contributed by atoms with van der Waals surface area (Å²) >= 11 is 0. The number of aromatic nitrogens is 3. The number of rotatable bonds is 1. The molecule has 0 spiro atoms. The Kier molecular flexibility index (Phi) is 1.55. The van der Waals surface area contributed by atoms with Gasteiger partial charge < -0.3 is 5.11 Å². The first kappa shape index (κ1) is 8.69. The molecule has 2 N–H and O–H groups in total. The van der Waals surface area contributed by atoms with Crippen LogP contribution in [0.3, 0.4) is 0 Å². The Labute approximate surface area is 77.4 Å². The van der Waals surface area contributed by atoms with Crippen LogP contribution in [0.2, 0.25) is 0 Å². The topological polar surface area (TPSA) is 61.8 Å². The van der Waals surface area contributed by atoms with Crippen LogP contribution in [0.4, 0.5) is 0 Å². The first-order valence-corrected chi connectivity index (χ1v) is 4.58. The fourth-order valence-electron chi connectivity index (χ4n) is 1.16. The van der Waals surface area contributed by atoms with Gasteiger partial charge in [-0.3, -0.25) is 5.10 Å². The Morgan fingerprint density at radius 1 is 1.38 bits per heavy atom. The highest BCUT2D eigenvalue weighted by Gasteiger charge is 2.45. The highest BCUT2D eigenvalue weighted by Crippen LogP contribution is 2.43. The molecule has 0 aromatic carbocycles. The van der Waals surface area contributed by atoms with E-state index in [1.807, 2.05) is 0 Å². The number of hydrogen-bond donors (Lipinski definition) is 2. The molecule has 1 aromatic heterocycles. The lowest BCUT2D eigenvalue weighted by Gasteiger charge is -2.12. The summed E-state index contributed by atoms with van der Waals surface area (Å²) in [5.41, 5.74) is -0.753. The first-order valence-electron chi connectivity index (χ1n) is 4.58. The Morgan fingerprint density at radius 2 is 2.00 bits per heavy atom. The summed E-state index contributed by atoms with van der Waals surface area (Å²) < 4.78 is 0. The molecule has 0 unspecified atom stereocenters. The molecule has 2 rings (SSSR count). The summed E-state index contributed by atoms with van der Waals surface area (Å²) in [5, 5.41) is 16.6. The van der Waals surface area contributed by atoms with Gasteiger partial charge in [0.05, 0.1) is 0 Å². The molecule has 0 aliphatic heterocycles. The van der Waals surface area contributed by atoms with Crippen LogP contribution >= 0.6 is 0 Å². The zero-order valence-corrected chi connectivity index (χ0v) is 8.26. The molecule has 13 heavy (non-hydrogen) atoms. The lowest BCUT2D eigenvalue weighted by molar-refractivity contribution is 0.141. The molecule has 0 bridgehead atoms. The van der Waals surface area contributed by atoms with E-state index in [9.17, 15) is 5.11 Å². The van der Waals surface area contributed by atoms with Gasteiger partial charge in [0.15, 0.2) is 11.6 Å². The van der Waals surface area contributed by atoms with Crippen LogP contribution < -0.4 is 0 Å². The molecule has 1 fully saturated rings. The number of aromatic amines is 1. The van der Waals surface area contributed by atoms with E-state index in [0.717, 1.165) is 18.7 Å². The van der Waals surface area contributed by atoms with Crippen molar-refractivity contribution in [3.8, 4) is 0 Å². The molecule has 0 radical (unpaired) electrons. The maximum atomic E-state index is 9.75. The van der Waals surface area contributed by atoms with Gasteiger partial charge >= 0.3 is 0 Å². The normalized spacial score (nSPS) is 20.3. The summed E-state index contributed by atoms with van der Waals surface area (Å²) in [7, 11) is 0. The average Bonchev–Trinajstić information content (AvgIpc) is 2.60. The van der Waals surface area contributed by atoms with Crippen molar-refractivity contribution in [3.05, 3.63) is 11.6 Å². The summed E-state index contributed by atoms with van der Waals surface area (Å²) in [6, 6.07) is 0. The minimum absolute atomic E-state index is 0.0556. The molecule has 4 heteroatoms. The second kappa shape index (κ2) is 2.32. The zero-order chi connectivity index (χ0) is 9.69. The van der Waals surface area contributed by atoms with Crippen LogP contribution in [-0.2, 0) is 11.0 Å². The number of nitrogens with one attached hydrogen (secondary N) is 1. The van der Waals surface area contributed by atoms with Crippen LogP contribution in [0.15, 0.2) is 0 Å². The van der Waals surface area contributed by atoms with Crippen molar-refractivity contribution in [3.63, 3.8) is 0 Å². The van der Waals surface area contributed by atoms with Crippen molar-refractivity contribution < 1.29 is 5.11 Å². The van der Waals surface area contributed by atoms with E-state index in [1.165, 1.54) is 0 Å². The molecule has 1 aromatic rings. The minimum atomic E-state index is -0.698. The lowest BCUT2D eigenvalue weighted by atomic mass is 9.96. The summed E-state index contributed by atoms with van der Waals surface area (Å²) in [5.74, 6) is 1.39. The minimum Gasteiger partial charge on any atom is -0.382 e. The van der Waals surface area contributed by atoms with Crippen LogP contribution in [0.5, 0.6) is 0 Å². The molecule has 1 heterocycles. The van der Waals surface area contributed by atoms with Crippen LogP contribution in [0, 0.1) is 0 Å². The SMILES string of the molecule is CC(C)(C)c1n[nH]c(C2(O)CC2)n1. The van der Waals surface area contributed by atoms with E-state index < -0.39 is 5.60 Å². The molecule has 0 amide bonds. The Bertz CT molecular complexity index is 300. The van der Waals surface area contributed by atoms with Crippen molar-refractivity contribution in [1.29, 1.82) is 0 Å². The summed E-state index contributed by atoms with van der Waals surface area (Å²) in [6.45, 7) is 6.16. The predicted molar refractivity (Wildman–Crippen MR) is 48.2 cm³/mol. The third-order valence-electron chi connectivity index (χ3n) is 2.32. The van der Waals surface area contributed by atoms with Gasteiger partial charge in [-0.05, 0) is 12.8 Å². The van der Waals surface area contributed by atoms with Crippen LogP contribution in [0.1, 0.15) is 45.3 Å². The Balaban J connectivity index is 2.29. The number of hydrogen-bond acceptors (Lipinski definition) is 3. The molecule has 0 saturated heterocycles. The molecular weight excluding hydrogens is 166 g/mol. The summed E-state index contributed by atoms with van der Waals surface area (Å²) in [4.78, 5) is 4.30. The zero-order valence-electron chi connectivity index (χ0n) is 8.26. The second-order valence-corrected chi connectivity index (χ2v) is 4.79. The van der Waals surface area contributed by atoms with Crippen molar-refractivity contribution in [2.75, 3.05) is 0 Å². The first-order chi connectivity index (χ1) is 5.92. The van der Waals surface area contributed by atoms with Gasteiger partial charge in [0.2, 0.25) is 0 Å². The van der Waals surface area contributed by atoms with Gasteiger partial charge in [-0.2, -0.15) is 5.10 Å². The molecular formula is C9H15N3O. The van der Waals surface area contributed by atoms with Crippen LogP contribution in [0.25, 0.3) is 0 Å². The van der Waals surface area contributed by atoms with E-state index in [0.29, 0.717) is 5.82 Å². The van der Waals surface area contributed by atoms with Gasteiger partial charge in [0, 0.05) is 5.41 Å². The third-order valence-corrected chi connectivity index (χ3v) is 2.32. The van der Waals surface area contributed by atoms with Crippen molar-refractivity contribution in [2.45, 2.75) is 44.6 Å². The number of H-pyrrole nitrogens is 1. The highest BCUT2D eigenvalue weighted by atomic mass is 16.3. The smallest absolute Gasteiger partial charge is 0.156 e. The maximum absolute atomic E-state index is 9.75. The van der Waals surface area contributed by atoms with Gasteiger partial charge in [0.1, 0.15) is 5.60 Å².